The van der Waals surface area contributed by atoms with Gasteiger partial charge in [0.05, 0.1) is 21.5 Å². The first-order valence-electron chi connectivity index (χ1n) is 4.62. The van der Waals surface area contributed by atoms with Crippen LogP contribution in [0.1, 0.15) is 6.42 Å². The predicted molar refractivity (Wildman–Crippen MR) is 72.3 cm³/mol. The van der Waals surface area contributed by atoms with Gasteiger partial charge in [-0.1, -0.05) is 0 Å². The summed E-state index contributed by atoms with van der Waals surface area (Å²) in [5.74, 6) is -0.282. The summed E-state index contributed by atoms with van der Waals surface area (Å²) >= 11 is 6.37. The molecule has 0 radical (unpaired) electrons. The summed E-state index contributed by atoms with van der Waals surface area (Å²) in [7, 11) is -4.35. The lowest BCUT2D eigenvalue weighted by Crippen LogP contribution is -2.20. The van der Waals surface area contributed by atoms with Gasteiger partial charge < -0.3 is 0 Å². The molecule has 0 saturated carbocycles. The Morgan fingerprint density at radius 1 is 1.33 bits per heavy atom. The molecule has 0 saturated heterocycles. The fraction of sp³-hybridized carbons (Fsp3) is 0.111. The summed E-state index contributed by atoms with van der Waals surface area (Å²) in [5.41, 5.74) is 0.246. The van der Waals surface area contributed by atoms with Gasteiger partial charge in [-0.15, -0.1) is 0 Å². The Hall–Kier alpha value is -0.770. The summed E-state index contributed by atoms with van der Waals surface area (Å²) < 4.78 is 32.1. The SMILES string of the molecule is O=C1CC=NN1c1cc(S(=O)(=O)O)cc(Br)c1Br. The summed E-state index contributed by atoms with van der Waals surface area (Å²) in [5, 5.41) is 4.92. The topological polar surface area (TPSA) is 87.0 Å². The first kappa shape index (κ1) is 13.7. The number of hydrazone groups is 1. The zero-order chi connectivity index (χ0) is 13.5. The maximum Gasteiger partial charge on any atom is 0.294 e. The zero-order valence-corrected chi connectivity index (χ0v) is 12.7. The molecular formula is C9H6Br2N2O4S. The molecule has 0 aromatic heterocycles. The monoisotopic (exact) mass is 396 g/mol. The Morgan fingerprint density at radius 3 is 2.50 bits per heavy atom. The van der Waals surface area contributed by atoms with Gasteiger partial charge in [0.1, 0.15) is 0 Å². The highest BCUT2D eigenvalue weighted by atomic mass is 79.9. The summed E-state index contributed by atoms with van der Waals surface area (Å²) in [6.07, 6.45) is 1.57. The van der Waals surface area contributed by atoms with Gasteiger partial charge in [-0.25, -0.2) is 0 Å². The minimum absolute atomic E-state index is 0.153. The molecule has 1 amide bonds. The fourth-order valence-corrected chi connectivity index (χ4v) is 2.93. The Morgan fingerprint density at radius 2 is 2.00 bits per heavy atom. The van der Waals surface area contributed by atoms with Gasteiger partial charge in [0, 0.05) is 10.7 Å². The van der Waals surface area contributed by atoms with Crippen molar-refractivity contribution in [2.24, 2.45) is 5.10 Å². The Kier molecular flexibility index (Phi) is 3.58. The molecule has 1 aromatic rings. The van der Waals surface area contributed by atoms with Crippen molar-refractivity contribution in [2.45, 2.75) is 11.3 Å². The number of rotatable bonds is 2. The van der Waals surface area contributed by atoms with Gasteiger partial charge in [-0.05, 0) is 44.0 Å². The maximum absolute atomic E-state index is 11.6. The van der Waals surface area contributed by atoms with Crippen LogP contribution in [-0.4, -0.2) is 25.1 Å². The van der Waals surface area contributed by atoms with Crippen molar-refractivity contribution in [3.63, 3.8) is 0 Å². The molecule has 0 spiro atoms. The summed E-state index contributed by atoms with van der Waals surface area (Å²) in [4.78, 5) is 11.2. The first-order valence-corrected chi connectivity index (χ1v) is 7.65. The molecule has 1 aliphatic heterocycles. The Balaban J connectivity index is 2.63. The van der Waals surface area contributed by atoms with Crippen molar-refractivity contribution in [1.82, 2.24) is 0 Å². The smallest absolute Gasteiger partial charge is 0.282 e. The lowest BCUT2D eigenvalue weighted by Gasteiger charge is -2.15. The predicted octanol–water partition coefficient (Wildman–Crippen LogP) is 2.18. The van der Waals surface area contributed by atoms with Crippen molar-refractivity contribution >= 4 is 59.8 Å². The third kappa shape index (κ3) is 2.48. The third-order valence-electron chi connectivity index (χ3n) is 2.21. The highest BCUT2D eigenvalue weighted by Crippen LogP contribution is 2.37. The number of anilines is 1. The van der Waals surface area contributed by atoms with Gasteiger partial charge in [-0.3, -0.25) is 9.35 Å². The average Bonchev–Trinajstić information content (AvgIpc) is 2.67. The van der Waals surface area contributed by atoms with Crippen LogP contribution in [0.15, 0.2) is 31.1 Å². The van der Waals surface area contributed by atoms with Crippen LogP contribution >= 0.6 is 31.9 Å². The molecule has 1 aromatic carbocycles. The number of hydrogen-bond donors (Lipinski definition) is 1. The van der Waals surface area contributed by atoms with E-state index in [-0.39, 0.29) is 22.9 Å². The standard InChI is InChI=1S/C9H6Br2N2O4S/c10-6-3-5(18(15,16)17)4-7(9(6)11)13-8(14)1-2-12-13/h2-4H,1H2,(H,15,16,17). The van der Waals surface area contributed by atoms with Gasteiger partial charge in [0.15, 0.2) is 0 Å². The molecule has 6 nitrogen and oxygen atoms in total. The van der Waals surface area contributed by atoms with Crippen molar-refractivity contribution in [1.29, 1.82) is 0 Å². The van der Waals surface area contributed by atoms with Crippen LogP contribution < -0.4 is 5.01 Å². The molecule has 0 atom stereocenters. The van der Waals surface area contributed by atoms with E-state index >= 15 is 0 Å². The second-order valence-electron chi connectivity index (χ2n) is 3.42. The number of amides is 1. The van der Waals surface area contributed by atoms with Crippen LogP contribution in [0.4, 0.5) is 5.69 Å². The molecule has 1 aliphatic rings. The molecular weight excluding hydrogens is 392 g/mol. The van der Waals surface area contributed by atoms with Crippen LogP contribution in [0, 0.1) is 0 Å². The largest absolute Gasteiger partial charge is 0.294 e. The number of halogens is 2. The van der Waals surface area contributed by atoms with Crippen LogP contribution in [0.2, 0.25) is 0 Å². The maximum atomic E-state index is 11.6. The van der Waals surface area contributed by atoms with E-state index in [2.05, 4.69) is 37.0 Å². The molecule has 18 heavy (non-hydrogen) atoms. The van der Waals surface area contributed by atoms with E-state index in [4.69, 9.17) is 4.55 Å². The van der Waals surface area contributed by atoms with Gasteiger partial charge in [0.25, 0.3) is 16.0 Å². The van der Waals surface area contributed by atoms with Gasteiger partial charge in [0.2, 0.25) is 0 Å². The summed E-state index contributed by atoms with van der Waals surface area (Å²) in [6, 6.07) is 2.40. The highest BCUT2D eigenvalue weighted by molar-refractivity contribution is 9.13. The minimum Gasteiger partial charge on any atom is -0.282 e. The average molecular weight is 398 g/mol. The first-order chi connectivity index (χ1) is 8.30. The number of nitrogens with zero attached hydrogens (tertiary/aromatic N) is 2. The van der Waals surface area contributed by atoms with E-state index in [1.165, 1.54) is 18.3 Å². The molecule has 1 N–H and O–H groups in total. The quantitative estimate of drug-likeness (QED) is 0.774. The highest BCUT2D eigenvalue weighted by Gasteiger charge is 2.24. The summed E-state index contributed by atoms with van der Waals surface area (Å²) in [6.45, 7) is 0. The number of carbonyl (C=O) groups is 1. The number of carbonyl (C=O) groups excluding carboxylic acids is 1. The van der Waals surface area contributed by atoms with Crippen LogP contribution in [0.3, 0.4) is 0 Å². The van der Waals surface area contributed by atoms with Crippen molar-refractivity contribution in [3.05, 3.63) is 21.1 Å². The van der Waals surface area contributed by atoms with E-state index < -0.39 is 10.1 Å². The van der Waals surface area contributed by atoms with E-state index in [0.29, 0.717) is 8.95 Å². The molecule has 1 heterocycles. The molecule has 96 valence electrons. The molecule has 2 rings (SSSR count). The lowest BCUT2D eigenvalue weighted by molar-refractivity contribution is -0.116. The van der Waals surface area contributed by atoms with E-state index in [0.717, 1.165) is 5.01 Å². The van der Waals surface area contributed by atoms with Gasteiger partial charge in [-0.2, -0.15) is 18.5 Å². The van der Waals surface area contributed by atoms with Crippen molar-refractivity contribution in [2.75, 3.05) is 5.01 Å². The van der Waals surface area contributed by atoms with Crippen molar-refractivity contribution in [3.8, 4) is 0 Å². The van der Waals surface area contributed by atoms with Crippen LogP contribution in [0.25, 0.3) is 0 Å². The molecule has 0 aliphatic carbocycles. The Bertz CT molecular complexity index is 657. The second-order valence-corrected chi connectivity index (χ2v) is 6.49. The molecule has 0 unspecified atom stereocenters. The van der Waals surface area contributed by atoms with Gasteiger partial charge >= 0.3 is 0 Å². The lowest BCUT2D eigenvalue weighted by atomic mass is 10.3. The fourth-order valence-electron chi connectivity index (χ4n) is 1.40. The van der Waals surface area contributed by atoms with E-state index in [1.807, 2.05) is 0 Å². The van der Waals surface area contributed by atoms with E-state index in [1.54, 1.807) is 0 Å². The van der Waals surface area contributed by atoms with Crippen molar-refractivity contribution < 1.29 is 17.8 Å². The normalized spacial score (nSPS) is 15.5. The Labute approximate surface area is 120 Å². The van der Waals surface area contributed by atoms with Crippen LogP contribution in [0.5, 0.6) is 0 Å². The zero-order valence-electron chi connectivity index (χ0n) is 8.67. The molecule has 9 heteroatoms. The minimum atomic E-state index is -4.35. The molecule has 0 fully saturated rings. The third-order valence-corrected chi connectivity index (χ3v) is 5.03. The molecule has 0 bridgehead atoms. The number of benzene rings is 1. The second kappa shape index (κ2) is 4.72. The van der Waals surface area contributed by atoms with E-state index in [9.17, 15) is 13.2 Å². The van der Waals surface area contributed by atoms with Crippen LogP contribution in [-0.2, 0) is 14.9 Å². The number of hydrogen-bond acceptors (Lipinski definition) is 4.